The van der Waals surface area contributed by atoms with E-state index in [2.05, 4.69) is 5.32 Å². The molecule has 0 radical (unpaired) electrons. The van der Waals surface area contributed by atoms with Gasteiger partial charge >= 0.3 is 0 Å². The highest BCUT2D eigenvalue weighted by atomic mass is 16.1. The van der Waals surface area contributed by atoms with Crippen molar-refractivity contribution in [2.24, 2.45) is 0 Å². The van der Waals surface area contributed by atoms with Crippen LogP contribution < -0.4 is 11.1 Å². The second-order valence-electron chi connectivity index (χ2n) is 8.52. The van der Waals surface area contributed by atoms with Crippen LogP contribution in [0.4, 0.5) is 5.69 Å². The topological polar surface area (TPSA) is 55.1 Å². The van der Waals surface area contributed by atoms with E-state index in [-0.39, 0.29) is 11.9 Å². The number of carbonyl (C=O) groups is 1. The Hall–Kier alpha value is -2.55. The molecule has 0 aliphatic heterocycles. The highest BCUT2D eigenvalue weighted by Gasteiger charge is 2.17. The molecular formula is C27H36N2O. The number of nitrogen functional groups attached to an aromatic ring is 1. The summed E-state index contributed by atoms with van der Waals surface area (Å²) in [5, 5.41) is 3.37. The first-order chi connectivity index (χ1) is 14.7. The third-order valence-corrected chi connectivity index (χ3v) is 5.99. The van der Waals surface area contributed by atoms with Crippen LogP contribution in [0.2, 0.25) is 0 Å². The molecule has 3 N–H and O–H groups in total. The molecule has 0 bridgehead atoms. The van der Waals surface area contributed by atoms with Crippen LogP contribution in [-0.4, -0.2) is 11.9 Å². The number of hydrogen-bond acceptors (Lipinski definition) is 2. The molecule has 1 saturated carbocycles. The summed E-state index contributed by atoms with van der Waals surface area (Å²) in [6.45, 7) is 0. The van der Waals surface area contributed by atoms with Crippen LogP contribution in [0.5, 0.6) is 0 Å². The lowest BCUT2D eigenvalue weighted by atomic mass is 9.96. The van der Waals surface area contributed by atoms with Crippen molar-refractivity contribution in [2.75, 3.05) is 5.73 Å². The van der Waals surface area contributed by atoms with Crippen LogP contribution in [-0.2, 0) is 4.79 Å². The second kappa shape index (κ2) is 12.2. The zero-order chi connectivity index (χ0) is 21.0. The molecule has 2 aromatic carbocycles. The molecular weight excluding hydrogens is 368 g/mol. The van der Waals surface area contributed by atoms with Gasteiger partial charge in [0, 0.05) is 17.3 Å². The fraction of sp³-hybridized carbons (Fsp3) is 0.444. The quantitative estimate of drug-likeness (QED) is 0.343. The summed E-state index contributed by atoms with van der Waals surface area (Å²) in [7, 11) is 0. The molecule has 1 fully saturated rings. The Morgan fingerprint density at radius 2 is 1.40 bits per heavy atom. The van der Waals surface area contributed by atoms with Crippen molar-refractivity contribution in [1.82, 2.24) is 5.32 Å². The maximum absolute atomic E-state index is 13.4. The summed E-state index contributed by atoms with van der Waals surface area (Å²) in [4.78, 5) is 13.4. The molecule has 2 aromatic rings. The van der Waals surface area contributed by atoms with Crippen LogP contribution in [0, 0.1) is 0 Å². The number of carbonyl (C=O) groups excluding carboxylic acids is 1. The van der Waals surface area contributed by atoms with Gasteiger partial charge in [-0.2, -0.15) is 0 Å². The summed E-state index contributed by atoms with van der Waals surface area (Å²) in [6.07, 6.45) is 15.8. The molecule has 1 aliphatic carbocycles. The Kier molecular flexibility index (Phi) is 9.02. The molecule has 0 atom stereocenters. The van der Waals surface area contributed by atoms with Crippen LogP contribution in [0.25, 0.3) is 11.6 Å². The van der Waals surface area contributed by atoms with E-state index in [4.69, 9.17) is 5.73 Å². The average molecular weight is 405 g/mol. The molecule has 0 unspecified atom stereocenters. The van der Waals surface area contributed by atoms with Gasteiger partial charge in [-0.3, -0.25) is 4.79 Å². The molecule has 160 valence electrons. The van der Waals surface area contributed by atoms with Gasteiger partial charge in [-0.1, -0.05) is 100 Å². The van der Waals surface area contributed by atoms with Gasteiger partial charge in [-0.05, 0) is 42.2 Å². The van der Waals surface area contributed by atoms with E-state index in [0.717, 1.165) is 24.0 Å². The number of anilines is 1. The van der Waals surface area contributed by atoms with E-state index >= 15 is 0 Å². The van der Waals surface area contributed by atoms with Gasteiger partial charge in [0.1, 0.15) is 0 Å². The van der Waals surface area contributed by atoms with Crippen LogP contribution in [0.15, 0.2) is 54.6 Å². The molecule has 3 nitrogen and oxygen atoms in total. The van der Waals surface area contributed by atoms with Crippen LogP contribution in [0.3, 0.4) is 0 Å². The summed E-state index contributed by atoms with van der Waals surface area (Å²) >= 11 is 0. The minimum absolute atomic E-state index is 0.0146. The smallest absolute Gasteiger partial charge is 0.252 e. The SMILES string of the molecule is Nc1cccc(C=C(C(=O)NC2CCCCCCCCCCC2)c2ccccc2)c1. The minimum atomic E-state index is 0.0146. The molecule has 1 aliphatic rings. The Morgan fingerprint density at radius 3 is 2.00 bits per heavy atom. The Bertz CT molecular complexity index is 801. The van der Waals surface area contributed by atoms with Gasteiger partial charge in [0.15, 0.2) is 0 Å². The van der Waals surface area contributed by atoms with Gasteiger partial charge in [-0.25, -0.2) is 0 Å². The van der Waals surface area contributed by atoms with Gasteiger partial charge in [-0.15, -0.1) is 0 Å². The first-order valence-electron chi connectivity index (χ1n) is 11.7. The standard InChI is InChI=1S/C27H36N2O/c28-24-17-13-14-22(20-24)21-26(23-15-9-8-10-16-23)27(30)29-25-18-11-6-4-2-1-3-5-7-12-19-25/h8-10,13-17,20-21,25H,1-7,11-12,18-19,28H2,(H,29,30). The van der Waals surface area contributed by atoms with Gasteiger partial charge < -0.3 is 11.1 Å². The number of rotatable bonds is 4. The highest BCUT2D eigenvalue weighted by Crippen LogP contribution is 2.22. The zero-order valence-corrected chi connectivity index (χ0v) is 18.1. The predicted molar refractivity (Wildman–Crippen MR) is 128 cm³/mol. The van der Waals surface area contributed by atoms with Gasteiger partial charge in [0.05, 0.1) is 0 Å². The Balaban J connectivity index is 1.76. The number of benzene rings is 2. The van der Waals surface area contributed by atoms with Gasteiger partial charge in [0.2, 0.25) is 0 Å². The van der Waals surface area contributed by atoms with Crippen molar-refractivity contribution in [1.29, 1.82) is 0 Å². The molecule has 3 rings (SSSR count). The first kappa shape index (κ1) is 22.1. The minimum Gasteiger partial charge on any atom is -0.399 e. The number of nitrogens with one attached hydrogen (secondary N) is 1. The van der Waals surface area contributed by atoms with Crippen LogP contribution in [0.1, 0.15) is 81.8 Å². The van der Waals surface area contributed by atoms with E-state index in [0.29, 0.717) is 11.3 Å². The average Bonchev–Trinajstić information content (AvgIpc) is 2.74. The molecule has 0 saturated heterocycles. The molecule has 1 amide bonds. The summed E-state index contributed by atoms with van der Waals surface area (Å²) in [5.74, 6) is 0.0146. The highest BCUT2D eigenvalue weighted by molar-refractivity contribution is 6.24. The Morgan fingerprint density at radius 1 is 0.800 bits per heavy atom. The van der Waals surface area contributed by atoms with Crippen molar-refractivity contribution in [2.45, 2.75) is 76.7 Å². The molecule has 3 heteroatoms. The van der Waals surface area contributed by atoms with Crippen molar-refractivity contribution in [3.8, 4) is 0 Å². The van der Waals surface area contributed by atoms with Gasteiger partial charge in [0.25, 0.3) is 5.91 Å². The normalized spacial score (nSPS) is 17.5. The zero-order valence-electron chi connectivity index (χ0n) is 18.1. The van der Waals surface area contributed by atoms with E-state index in [9.17, 15) is 4.79 Å². The molecule has 30 heavy (non-hydrogen) atoms. The van der Waals surface area contributed by atoms with E-state index in [1.54, 1.807) is 0 Å². The predicted octanol–water partition coefficient (Wildman–Crippen LogP) is 6.60. The van der Waals surface area contributed by atoms with Crippen LogP contribution >= 0.6 is 0 Å². The lowest BCUT2D eigenvalue weighted by molar-refractivity contribution is -0.116. The summed E-state index contributed by atoms with van der Waals surface area (Å²) < 4.78 is 0. The fourth-order valence-electron chi connectivity index (χ4n) is 4.28. The number of hydrogen-bond donors (Lipinski definition) is 2. The first-order valence-corrected chi connectivity index (χ1v) is 11.7. The lowest BCUT2D eigenvalue weighted by Gasteiger charge is -2.21. The fourth-order valence-corrected chi connectivity index (χ4v) is 4.28. The van der Waals surface area contributed by atoms with Crippen molar-refractivity contribution < 1.29 is 4.79 Å². The maximum atomic E-state index is 13.4. The maximum Gasteiger partial charge on any atom is 0.252 e. The summed E-state index contributed by atoms with van der Waals surface area (Å²) in [6, 6.07) is 17.9. The van der Waals surface area contributed by atoms with Crippen molar-refractivity contribution in [3.63, 3.8) is 0 Å². The molecule has 0 heterocycles. The van der Waals surface area contributed by atoms with E-state index in [1.165, 1.54) is 57.8 Å². The lowest BCUT2D eigenvalue weighted by Crippen LogP contribution is -2.35. The Labute approximate surface area is 181 Å². The number of nitrogens with two attached hydrogens (primary N) is 1. The van der Waals surface area contributed by atoms with Crippen molar-refractivity contribution in [3.05, 3.63) is 65.7 Å². The third-order valence-electron chi connectivity index (χ3n) is 5.99. The van der Waals surface area contributed by atoms with E-state index in [1.807, 2.05) is 60.7 Å². The second-order valence-corrected chi connectivity index (χ2v) is 8.52. The largest absolute Gasteiger partial charge is 0.399 e. The van der Waals surface area contributed by atoms with E-state index < -0.39 is 0 Å². The van der Waals surface area contributed by atoms with Crippen molar-refractivity contribution >= 4 is 23.2 Å². The number of amides is 1. The molecule has 0 spiro atoms. The molecule has 0 aromatic heterocycles. The summed E-state index contributed by atoms with van der Waals surface area (Å²) in [5.41, 5.74) is 9.24. The third kappa shape index (κ3) is 7.37. The monoisotopic (exact) mass is 404 g/mol.